The van der Waals surface area contributed by atoms with Crippen molar-refractivity contribution in [3.63, 3.8) is 0 Å². The number of nitrogens with two attached hydrogens (primary N) is 1. The molecule has 0 spiro atoms. The smallest absolute Gasteiger partial charge is 0.0443 e. The summed E-state index contributed by atoms with van der Waals surface area (Å²) in [5.41, 5.74) is 10.1. The van der Waals surface area contributed by atoms with Gasteiger partial charge in [-0.2, -0.15) is 0 Å². The quantitative estimate of drug-likeness (QED) is 0.792. The molecule has 2 heteroatoms. The fraction of sp³-hybridized carbons (Fsp3) is 0.647. The van der Waals surface area contributed by atoms with Crippen LogP contribution in [-0.2, 0) is 12.8 Å². The van der Waals surface area contributed by atoms with Crippen molar-refractivity contribution in [3.05, 3.63) is 33.8 Å². The van der Waals surface area contributed by atoms with Gasteiger partial charge in [-0.25, -0.2) is 0 Å². The second-order valence-corrected chi connectivity index (χ2v) is 6.17. The van der Waals surface area contributed by atoms with E-state index in [0.29, 0.717) is 5.92 Å². The van der Waals surface area contributed by atoms with E-state index < -0.39 is 0 Å². The van der Waals surface area contributed by atoms with Crippen molar-refractivity contribution < 1.29 is 0 Å². The number of rotatable bonds is 6. The van der Waals surface area contributed by atoms with Gasteiger partial charge in [0.25, 0.3) is 0 Å². The van der Waals surface area contributed by atoms with Gasteiger partial charge in [-0.3, -0.25) is 0 Å². The summed E-state index contributed by atoms with van der Waals surface area (Å²) in [6, 6.07) is 4.63. The molecule has 0 amide bonds. The summed E-state index contributed by atoms with van der Waals surface area (Å²) in [4.78, 5) is 0. The zero-order valence-corrected chi connectivity index (χ0v) is 12.8. The van der Waals surface area contributed by atoms with Crippen molar-refractivity contribution in [1.82, 2.24) is 0 Å². The van der Waals surface area contributed by atoms with Gasteiger partial charge in [-0.05, 0) is 80.2 Å². The normalized spacial score (nSPS) is 16.2. The first kappa shape index (κ1) is 14.9. The lowest BCUT2D eigenvalue weighted by molar-refractivity contribution is 0.548. The monoisotopic (exact) mass is 279 g/mol. The number of hydrogen-bond donors (Lipinski definition) is 1. The van der Waals surface area contributed by atoms with Crippen LogP contribution in [0.5, 0.6) is 0 Å². The van der Waals surface area contributed by atoms with Crippen LogP contribution in [0.3, 0.4) is 0 Å². The maximum absolute atomic E-state index is 6.54. The molecule has 1 aromatic rings. The number of halogens is 1. The van der Waals surface area contributed by atoms with E-state index >= 15 is 0 Å². The van der Waals surface area contributed by atoms with Crippen LogP contribution < -0.4 is 5.73 Å². The molecule has 0 bridgehead atoms. The minimum Gasteiger partial charge on any atom is -0.330 e. The maximum atomic E-state index is 6.54. The van der Waals surface area contributed by atoms with Gasteiger partial charge in [0.05, 0.1) is 0 Å². The average Bonchev–Trinajstić information content (AvgIpc) is 2.43. The van der Waals surface area contributed by atoms with E-state index in [0.717, 1.165) is 18.0 Å². The summed E-state index contributed by atoms with van der Waals surface area (Å²) in [5, 5.41) is 0.983. The second-order valence-electron chi connectivity index (χ2n) is 5.77. The van der Waals surface area contributed by atoms with Crippen molar-refractivity contribution in [2.75, 3.05) is 6.54 Å². The number of fused-ring (bicyclic) bond motifs is 1. The average molecular weight is 280 g/mol. The molecule has 106 valence electrons. The van der Waals surface area contributed by atoms with E-state index in [4.69, 9.17) is 17.3 Å². The molecule has 0 saturated heterocycles. The predicted octanol–water partition coefficient (Wildman–Crippen LogP) is 4.84. The Morgan fingerprint density at radius 1 is 1.16 bits per heavy atom. The van der Waals surface area contributed by atoms with Gasteiger partial charge in [-0.1, -0.05) is 31.0 Å². The third-order valence-corrected chi connectivity index (χ3v) is 4.62. The Morgan fingerprint density at radius 2 is 1.84 bits per heavy atom. The van der Waals surface area contributed by atoms with E-state index in [2.05, 4.69) is 19.1 Å². The highest BCUT2D eigenvalue weighted by atomic mass is 35.5. The zero-order chi connectivity index (χ0) is 13.7. The first-order valence-electron chi connectivity index (χ1n) is 7.77. The highest BCUT2D eigenvalue weighted by Crippen LogP contribution is 2.35. The largest absolute Gasteiger partial charge is 0.330 e. The van der Waals surface area contributed by atoms with Gasteiger partial charge in [0, 0.05) is 5.02 Å². The number of hydrogen-bond acceptors (Lipinski definition) is 1. The SMILES string of the molecule is CCCC(CCCN)c1cc2c(cc1Cl)CCCC2. The Bertz CT molecular complexity index is 414. The van der Waals surface area contributed by atoms with Crippen LogP contribution in [-0.4, -0.2) is 6.54 Å². The van der Waals surface area contributed by atoms with Gasteiger partial charge in [0.1, 0.15) is 0 Å². The minimum atomic E-state index is 0.591. The van der Waals surface area contributed by atoms with E-state index in [1.54, 1.807) is 5.56 Å². The molecule has 19 heavy (non-hydrogen) atoms. The molecule has 1 aliphatic carbocycles. The van der Waals surface area contributed by atoms with Crippen molar-refractivity contribution in [3.8, 4) is 0 Å². The topological polar surface area (TPSA) is 26.0 Å². The summed E-state index contributed by atoms with van der Waals surface area (Å²) in [7, 11) is 0. The molecular weight excluding hydrogens is 254 g/mol. The first-order valence-corrected chi connectivity index (χ1v) is 8.15. The molecule has 1 aromatic carbocycles. The standard InChI is InChI=1S/C17H26ClN/c1-2-6-13(9-5-10-19)16-11-14-7-3-4-8-15(14)12-17(16)18/h11-13H,2-10,19H2,1H3. The predicted molar refractivity (Wildman–Crippen MR) is 84.0 cm³/mol. The molecule has 1 aliphatic rings. The lowest BCUT2D eigenvalue weighted by Gasteiger charge is -2.23. The van der Waals surface area contributed by atoms with Crippen LogP contribution in [0.1, 0.15) is 68.1 Å². The molecule has 1 nitrogen and oxygen atoms in total. The Hall–Kier alpha value is -0.530. The fourth-order valence-corrected chi connectivity index (χ4v) is 3.60. The van der Waals surface area contributed by atoms with Crippen molar-refractivity contribution >= 4 is 11.6 Å². The Balaban J connectivity index is 2.25. The summed E-state index contributed by atoms with van der Waals surface area (Å²) < 4.78 is 0. The molecule has 1 atom stereocenters. The molecule has 0 heterocycles. The van der Waals surface area contributed by atoms with Crippen LogP contribution >= 0.6 is 11.6 Å². The van der Waals surface area contributed by atoms with Gasteiger partial charge < -0.3 is 5.73 Å². The zero-order valence-electron chi connectivity index (χ0n) is 12.1. The lowest BCUT2D eigenvalue weighted by atomic mass is 9.84. The van der Waals surface area contributed by atoms with E-state index in [1.807, 2.05) is 0 Å². The van der Waals surface area contributed by atoms with Gasteiger partial charge in [0.2, 0.25) is 0 Å². The summed E-state index contributed by atoms with van der Waals surface area (Å²) in [6.45, 7) is 3.03. The van der Waals surface area contributed by atoms with Crippen LogP contribution in [0.15, 0.2) is 12.1 Å². The highest BCUT2D eigenvalue weighted by molar-refractivity contribution is 6.31. The summed E-state index contributed by atoms with van der Waals surface area (Å²) in [5.74, 6) is 0.591. The third-order valence-electron chi connectivity index (χ3n) is 4.29. The van der Waals surface area contributed by atoms with E-state index in [-0.39, 0.29) is 0 Å². The summed E-state index contributed by atoms with van der Waals surface area (Å²) >= 11 is 6.54. The Kier molecular flexibility index (Phi) is 5.72. The molecule has 2 N–H and O–H groups in total. The molecule has 0 saturated carbocycles. The fourth-order valence-electron chi connectivity index (χ4n) is 3.26. The molecule has 1 unspecified atom stereocenters. The maximum Gasteiger partial charge on any atom is 0.0443 e. The Labute approximate surface area is 122 Å². The van der Waals surface area contributed by atoms with Crippen LogP contribution in [0.25, 0.3) is 0 Å². The minimum absolute atomic E-state index is 0.591. The molecule has 0 aliphatic heterocycles. The van der Waals surface area contributed by atoms with Gasteiger partial charge in [-0.15, -0.1) is 0 Å². The molecule has 2 rings (SSSR count). The van der Waals surface area contributed by atoms with Crippen LogP contribution in [0.2, 0.25) is 5.02 Å². The Morgan fingerprint density at radius 3 is 2.47 bits per heavy atom. The number of aryl methyl sites for hydroxylation is 2. The van der Waals surface area contributed by atoms with E-state index in [9.17, 15) is 0 Å². The van der Waals surface area contributed by atoms with E-state index in [1.165, 1.54) is 56.1 Å². The van der Waals surface area contributed by atoms with Crippen LogP contribution in [0.4, 0.5) is 0 Å². The van der Waals surface area contributed by atoms with Crippen LogP contribution in [0, 0.1) is 0 Å². The second kappa shape index (κ2) is 7.31. The molecule has 0 radical (unpaired) electrons. The molecule has 0 aromatic heterocycles. The molecule has 0 fully saturated rings. The number of benzene rings is 1. The third kappa shape index (κ3) is 3.73. The van der Waals surface area contributed by atoms with Crippen molar-refractivity contribution in [2.45, 2.75) is 64.2 Å². The van der Waals surface area contributed by atoms with Gasteiger partial charge in [0.15, 0.2) is 0 Å². The molecular formula is C17H26ClN. The van der Waals surface area contributed by atoms with Crippen molar-refractivity contribution in [1.29, 1.82) is 0 Å². The van der Waals surface area contributed by atoms with Crippen molar-refractivity contribution in [2.24, 2.45) is 5.73 Å². The summed E-state index contributed by atoms with van der Waals surface area (Å²) in [6.07, 6.45) is 9.78. The highest BCUT2D eigenvalue weighted by Gasteiger charge is 2.18. The van der Waals surface area contributed by atoms with Gasteiger partial charge >= 0.3 is 0 Å². The first-order chi connectivity index (χ1) is 9.26. The lowest BCUT2D eigenvalue weighted by Crippen LogP contribution is -2.08.